The van der Waals surface area contributed by atoms with Crippen LogP contribution in [-0.2, 0) is 6.54 Å². The van der Waals surface area contributed by atoms with Crippen LogP contribution in [0.1, 0.15) is 5.56 Å². The summed E-state index contributed by atoms with van der Waals surface area (Å²) in [6, 6.07) is 12.8. The summed E-state index contributed by atoms with van der Waals surface area (Å²) in [5.41, 5.74) is 3.42. The molecular weight excluding hydrogens is 315 g/mol. The highest BCUT2D eigenvalue weighted by Crippen LogP contribution is 2.28. The molecule has 0 saturated carbocycles. The van der Waals surface area contributed by atoms with E-state index in [1.54, 1.807) is 12.1 Å². The van der Waals surface area contributed by atoms with Gasteiger partial charge in [-0.3, -0.25) is 5.10 Å². The van der Waals surface area contributed by atoms with E-state index in [1.807, 2.05) is 38.4 Å². The molecule has 2 aromatic carbocycles. The van der Waals surface area contributed by atoms with Crippen molar-refractivity contribution in [2.45, 2.75) is 6.54 Å². The second-order valence-corrected chi connectivity index (χ2v) is 5.47. The van der Waals surface area contributed by atoms with Gasteiger partial charge in [-0.1, -0.05) is 18.2 Å². The molecule has 1 heterocycles. The van der Waals surface area contributed by atoms with Gasteiger partial charge in [-0.05, 0) is 49.5 Å². The van der Waals surface area contributed by atoms with Crippen molar-refractivity contribution in [2.75, 3.05) is 14.1 Å². The number of benzene rings is 2. The fourth-order valence-electron chi connectivity index (χ4n) is 2.48. The molecule has 0 aliphatic carbocycles. The summed E-state index contributed by atoms with van der Waals surface area (Å²) in [4.78, 5) is 6.26. The third-order valence-electron chi connectivity index (χ3n) is 3.36. The largest absolute Gasteiger partial charge is 0.305 e. The van der Waals surface area contributed by atoms with Crippen molar-refractivity contribution in [1.82, 2.24) is 20.1 Å². The Morgan fingerprint density at radius 3 is 2.48 bits per heavy atom. The Kier molecular flexibility index (Phi) is 5.47. The number of aromatic nitrogens is 3. The van der Waals surface area contributed by atoms with Crippen molar-refractivity contribution in [1.29, 1.82) is 0 Å². The Balaban J connectivity index is 0.00000192. The van der Waals surface area contributed by atoms with E-state index in [1.165, 1.54) is 12.4 Å². The van der Waals surface area contributed by atoms with Gasteiger partial charge in [0.05, 0.1) is 0 Å². The molecule has 3 rings (SSSR count). The predicted octanol–water partition coefficient (Wildman–Crippen LogP) is 3.76. The second-order valence-electron chi connectivity index (χ2n) is 5.47. The first kappa shape index (κ1) is 17.1. The molecule has 4 nitrogen and oxygen atoms in total. The lowest BCUT2D eigenvalue weighted by molar-refractivity contribution is 0.402. The Labute approximate surface area is 140 Å². The maximum absolute atomic E-state index is 14.1. The molecule has 3 aromatic rings. The lowest BCUT2D eigenvalue weighted by atomic mass is 9.99. The summed E-state index contributed by atoms with van der Waals surface area (Å²) < 4.78 is 14.1. The number of nitrogens with zero attached hydrogens (tertiary/aromatic N) is 3. The van der Waals surface area contributed by atoms with Crippen LogP contribution in [0, 0.1) is 5.82 Å². The summed E-state index contributed by atoms with van der Waals surface area (Å²) in [6.07, 6.45) is 1.47. The van der Waals surface area contributed by atoms with Gasteiger partial charge in [0.25, 0.3) is 0 Å². The molecule has 0 atom stereocenters. The van der Waals surface area contributed by atoms with Gasteiger partial charge in [0.15, 0.2) is 5.82 Å². The smallest absolute Gasteiger partial charge is 0.155 e. The zero-order chi connectivity index (χ0) is 15.5. The summed E-state index contributed by atoms with van der Waals surface area (Å²) in [6.45, 7) is 0.767. The van der Waals surface area contributed by atoms with Crippen LogP contribution in [0.15, 0.2) is 48.8 Å². The van der Waals surface area contributed by atoms with Crippen LogP contribution >= 0.6 is 12.4 Å². The van der Waals surface area contributed by atoms with Crippen molar-refractivity contribution in [2.24, 2.45) is 0 Å². The SMILES string of the molecule is CN(C)Cc1cc(-c2ncn[nH]2)cc(-c2ccccc2F)c1.Cl. The summed E-state index contributed by atoms with van der Waals surface area (Å²) in [7, 11) is 4.01. The molecule has 0 unspecified atom stereocenters. The van der Waals surface area contributed by atoms with Crippen LogP contribution in [0.5, 0.6) is 0 Å². The zero-order valence-electron chi connectivity index (χ0n) is 13.0. The van der Waals surface area contributed by atoms with Gasteiger partial charge < -0.3 is 4.90 Å². The molecule has 0 aliphatic rings. The van der Waals surface area contributed by atoms with E-state index in [0.29, 0.717) is 11.4 Å². The van der Waals surface area contributed by atoms with E-state index in [4.69, 9.17) is 0 Å². The minimum Gasteiger partial charge on any atom is -0.305 e. The molecule has 0 aliphatic heterocycles. The fourth-order valence-corrected chi connectivity index (χ4v) is 2.48. The normalized spacial score (nSPS) is 10.6. The van der Waals surface area contributed by atoms with E-state index < -0.39 is 0 Å². The van der Waals surface area contributed by atoms with E-state index in [9.17, 15) is 4.39 Å². The first-order chi connectivity index (χ1) is 10.6. The average molecular weight is 333 g/mol. The number of nitrogens with one attached hydrogen (secondary N) is 1. The number of hydrogen-bond donors (Lipinski definition) is 1. The zero-order valence-corrected chi connectivity index (χ0v) is 13.8. The molecular formula is C17H18ClFN4. The Hall–Kier alpha value is -2.24. The van der Waals surface area contributed by atoms with Crippen LogP contribution in [0.4, 0.5) is 4.39 Å². The Bertz CT molecular complexity index is 772. The van der Waals surface area contributed by atoms with Gasteiger partial charge in [-0.2, -0.15) is 5.10 Å². The van der Waals surface area contributed by atoms with Crippen LogP contribution < -0.4 is 0 Å². The minimum absolute atomic E-state index is 0. The molecule has 0 saturated heterocycles. The second kappa shape index (κ2) is 7.35. The quantitative estimate of drug-likeness (QED) is 0.791. The van der Waals surface area contributed by atoms with E-state index >= 15 is 0 Å². The molecule has 120 valence electrons. The van der Waals surface area contributed by atoms with E-state index in [-0.39, 0.29) is 18.2 Å². The Morgan fingerprint density at radius 1 is 1.09 bits per heavy atom. The van der Waals surface area contributed by atoms with Crippen molar-refractivity contribution in [3.63, 3.8) is 0 Å². The van der Waals surface area contributed by atoms with E-state index in [2.05, 4.69) is 20.1 Å². The van der Waals surface area contributed by atoms with Crippen LogP contribution in [0.3, 0.4) is 0 Å². The standard InChI is InChI=1S/C17H17FN4.ClH/c1-22(2)10-12-7-13(15-5-3-4-6-16(15)18)9-14(8-12)17-19-11-20-21-17;/h3-9,11H,10H2,1-2H3,(H,19,20,21);1H. The molecule has 0 spiro atoms. The minimum atomic E-state index is -0.229. The van der Waals surface area contributed by atoms with Crippen molar-refractivity contribution in [3.05, 3.63) is 60.2 Å². The van der Waals surface area contributed by atoms with Crippen molar-refractivity contribution in [3.8, 4) is 22.5 Å². The molecule has 1 aromatic heterocycles. The van der Waals surface area contributed by atoms with Gasteiger partial charge in [0, 0.05) is 17.7 Å². The number of hydrogen-bond acceptors (Lipinski definition) is 3. The third kappa shape index (κ3) is 3.94. The number of halogens is 2. The molecule has 23 heavy (non-hydrogen) atoms. The highest BCUT2D eigenvalue weighted by atomic mass is 35.5. The molecule has 0 fully saturated rings. The monoisotopic (exact) mass is 332 g/mol. The summed E-state index contributed by atoms with van der Waals surface area (Å²) in [5.74, 6) is 0.450. The third-order valence-corrected chi connectivity index (χ3v) is 3.36. The summed E-state index contributed by atoms with van der Waals surface area (Å²) >= 11 is 0. The van der Waals surface area contributed by atoms with Gasteiger partial charge >= 0.3 is 0 Å². The highest BCUT2D eigenvalue weighted by Gasteiger charge is 2.10. The summed E-state index contributed by atoms with van der Waals surface area (Å²) in [5, 5.41) is 6.75. The van der Waals surface area contributed by atoms with Crippen molar-refractivity contribution >= 4 is 12.4 Å². The molecule has 1 N–H and O–H groups in total. The first-order valence-corrected chi connectivity index (χ1v) is 7.03. The van der Waals surface area contributed by atoms with Crippen LogP contribution in [0.25, 0.3) is 22.5 Å². The van der Waals surface area contributed by atoms with E-state index in [0.717, 1.165) is 23.2 Å². The molecule has 0 radical (unpaired) electrons. The van der Waals surface area contributed by atoms with Crippen molar-refractivity contribution < 1.29 is 4.39 Å². The van der Waals surface area contributed by atoms with Gasteiger partial charge in [-0.25, -0.2) is 9.37 Å². The maximum Gasteiger partial charge on any atom is 0.155 e. The average Bonchev–Trinajstić information content (AvgIpc) is 3.01. The molecule has 0 bridgehead atoms. The topological polar surface area (TPSA) is 44.8 Å². The number of aromatic amines is 1. The Morgan fingerprint density at radius 2 is 1.83 bits per heavy atom. The first-order valence-electron chi connectivity index (χ1n) is 7.03. The van der Waals surface area contributed by atoms with Gasteiger partial charge in [0.1, 0.15) is 12.1 Å². The van der Waals surface area contributed by atoms with Crippen LogP contribution in [0.2, 0.25) is 0 Å². The number of rotatable bonds is 4. The molecule has 0 amide bonds. The van der Waals surface area contributed by atoms with Crippen LogP contribution in [-0.4, -0.2) is 34.2 Å². The predicted molar refractivity (Wildman–Crippen MR) is 91.9 cm³/mol. The number of H-pyrrole nitrogens is 1. The highest BCUT2D eigenvalue weighted by molar-refractivity contribution is 5.85. The van der Waals surface area contributed by atoms with Gasteiger partial charge in [0.2, 0.25) is 0 Å². The lowest BCUT2D eigenvalue weighted by Gasteiger charge is -2.13. The molecule has 6 heteroatoms. The lowest BCUT2D eigenvalue weighted by Crippen LogP contribution is -2.10. The fraction of sp³-hybridized carbons (Fsp3) is 0.176. The van der Waals surface area contributed by atoms with Gasteiger partial charge in [-0.15, -0.1) is 12.4 Å². The maximum atomic E-state index is 14.1.